The number of hydrogen-bond acceptors (Lipinski definition) is 7. The Kier molecular flexibility index (Phi) is 5.12. The molecule has 3 heterocycles. The van der Waals surface area contributed by atoms with Crippen molar-refractivity contribution in [3.8, 4) is 10.7 Å². The Morgan fingerprint density at radius 1 is 1.59 bits per heavy atom. The number of rotatable bonds is 6. The van der Waals surface area contributed by atoms with Gasteiger partial charge in [0.15, 0.2) is 11.0 Å². The standard InChI is InChI=1S/C14H17N3O3S2/c1-19-12(18)9-22-14-16-15-13(11-5-3-7-21-11)17(14)8-10-4-2-6-20-10/h3,5,7,10H,2,4,6,8-9H2,1H3. The summed E-state index contributed by atoms with van der Waals surface area (Å²) < 4.78 is 12.5. The zero-order chi connectivity index (χ0) is 15.4. The molecule has 6 nitrogen and oxygen atoms in total. The Balaban J connectivity index is 1.83. The molecule has 0 N–H and O–H groups in total. The van der Waals surface area contributed by atoms with E-state index in [0.29, 0.717) is 6.54 Å². The predicted molar refractivity (Wildman–Crippen MR) is 85.0 cm³/mol. The number of nitrogens with zero attached hydrogens (tertiary/aromatic N) is 3. The Labute approximate surface area is 136 Å². The number of carbonyl (C=O) groups excluding carboxylic acids is 1. The highest BCUT2D eigenvalue weighted by Crippen LogP contribution is 2.29. The van der Waals surface area contributed by atoms with Crippen LogP contribution in [0.2, 0.25) is 0 Å². The number of hydrogen-bond donors (Lipinski definition) is 0. The normalized spacial score (nSPS) is 17.8. The third kappa shape index (κ3) is 3.50. The first-order valence-corrected chi connectivity index (χ1v) is 8.92. The average Bonchev–Trinajstić information content (AvgIpc) is 3.27. The van der Waals surface area contributed by atoms with Gasteiger partial charge in [-0.1, -0.05) is 17.8 Å². The summed E-state index contributed by atoms with van der Waals surface area (Å²) in [6.07, 6.45) is 2.32. The zero-order valence-corrected chi connectivity index (χ0v) is 13.9. The third-order valence-electron chi connectivity index (χ3n) is 3.42. The molecule has 2 aromatic heterocycles. The lowest BCUT2D eigenvalue weighted by atomic mass is 10.2. The largest absolute Gasteiger partial charge is 0.468 e. The Bertz CT molecular complexity index is 621. The van der Waals surface area contributed by atoms with E-state index in [4.69, 9.17) is 4.74 Å². The lowest BCUT2D eigenvalue weighted by Gasteiger charge is -2.13. The molecule has 1 atom stereocenters. The summed E-state index contributed by atoms with van der Waals surface area (Å²) in [5.74, 6) is 0.789. The fraction of sp³-hybridized carbons (Fsp3) is 0.500. The second-order valence-electron chi connectivity index (χ2n) is 4.89. The molecule has 118 valence electrons. The molecule has 0 amide bonds. The van der Waals surface area contributed by atoms with E-state index in [1.807, 2.05) is 17.5 Å². The van der Waals surface area contributed by atoms with Crippen molar-refractivity contribution in [1.82, 2.24) is 14.8 Å². The van der Waals surface area contributed by atoms with Crippen LogP contribution in [0, 0.1) is 0 Å². The van der Waals surface area contributed by atoms with Gasteiger partial charge in [0.2, 0.25) is 0 Å². The number of ether oxygens (including phenoxy) is 2. The van der Waals surface area contributed by atoms with Crippen LogP contribution < -0.4 is 0 Å². The van der Waals surface area contributed by atoms with Gasteiger partial charge >= 0.3 is 5.97 Å². The first-order chi connectivity index (χ1) is 10.8. The van der Waals surface area contributed by atoms with E-state index in [1.165, 1.54) is 18.9 Å². The molecular formula is C14H17N3O3S2. The molecule has 1 unspecified atom stereocenters. The van der Waals surface area contributed by atoms with Crippen molar-refractivity contribution in [3.63, 3.8) is 0 Å². The third-order valence-corrected chi connectivity index (χ3v) is 5.22. The molecule has 8 heteroatoms. The van der Waals surface area contributed by atoms with Crippen LogP contribution in [0.4, 0.5) is 0 Å². The van der Waals surface area contributed by atoms with Gasteiger partial charge < -0.3 is 9.47 Å². The van der Waals surface area contributed by atoms with Gasteiger partial charge in [0.05, 0.1) is 30.4 Å². The van der Waals surface area contributed by atoms with Crippen molar-refractivity contribution in [2.45, 2.75) is 30.6 Å². The highest BCUT2D eigenvalue weighted by Gasteiger charge is 2.22. The number of methoxy groups -OCH3 is 1. The molecule has 1 saturated heterocycles. The lowest BCUT2D eigenvalue weighted by molar-refractivity contribution is -0.137. The van der Waals surface area contributed by atoms with Crippen molar-refractivity contribution in [1.29, 1.82) is 0 Å². The van der Waals surface area contributed by atoms with Crippen LogP contribution in [0.5, 0.6) is 0 Å². The highest BCUT2D eigenvalue weighted by molar-refractivity contribution is 7.99. The van der Waals surface area contributed by atoms with E-state index >= 15 is 0 Å². The molecular weight excluding hydrogens is 322 g/mol. The summed E-state index contributed by atoms with van der Waals surface area (Å²) in [5.41, 5.74) is 0. The summed E-state index contributed by atoms with van der Waals surface area (Å²) in [6.45, 7) is 1.52. The number of esters is 1. The molecule has 0 aliphatic carbocycles. The summed E-state index contributed by atoms with van der Waals surface area (Å²) in [4.78, 5) is 12.4. The number of thioether (sulfide) groups is 1. The predicted octanol–water partition coefficient (Wildman–Crippen LogP) is 2.45. The molecule has 0 saturated carbocycles. The van der Waals surface area contributed by atoms with Gasteiger partial charge in [0.1, 0.15) is 0 Å². The van der Waals surface area contributed by atoms with Crippen molar-refractivity contribution < 1.29 is 14.3 Å². The van der Waals surface area contributed by atoms with Crippen LogP contribution in [0.1, 0.15) is 12.8 Å². The van der Waals surface area contributed by atoms with E-state index in [9.17, 15) is 4.79 Å². The molecule has 2 aromatic rings. The van der Waals surface area contributed by atoms with Crippen LogP contribution >= 0.6 is 23.1 Å². The SMILES string of the molecule is COC(=O)CSc1nnc(-c2cccs2)n1CC1CCCO1. The highest BCUT2D eigenvalue weighted by atomic mass is 32.2. The monoisotopic (exact) mass is 339 g/mol. The van der Waals surface area contributed by atoms with E-state index in [-0.39, 0.29) is 17.8 Å². The Morgan fingerprint density at radius 2 is 2.50 bits per heavy atom. The first-order valence-electron chi connectivity index (χ1n) is 7.06. The van der Waals surface area contributed by atoms with Gasteiger partial charge in [-0.25, -0.2) is 0 Å². The first kappa shape index (κ1) is 15.5. The van der Waals surface area contributed by atoms with Crippen LogP contribution in [-0.4, -0.2) is 46.3 Å². The second kappa shape index (κ2) is 7.26. The lowest BCUT2D eigenvalue weighted by Crippen LogP contribution is -2.17. The summed E-state index contributed by atoms with van der Waals surface area (Å²) >= 11 is 2.97. The van der Waals surface area contributed by atoms with Crippen LogP contribution in [0.25, 0.3) is 10.7 Å². The topological polar surface area (TPSA) is 66.2 Å². The van der Waals surface area contributed by atoms with Gasteiger partial charge in [-0.2, -0.15) is 0 Å². The van der Waals surface area contributed by atoms with Crippen molar-refractivity contribution in [3.05, 3.63) is 17.5 Å². The van der Waals surface area contributed by atoms with Crippen molar-refractivity contribution in [2.24, 2.45) is 0 Å². The fourth-order valence-electron chi connectivity index (χ4n) is 2.32. The summed E-state index contributed by atoms with van der Waals surface area (Å²) in [6, 6.07) is 4.02. The van der Waals surface area contributed by atoms with Gasteiger partial charge in [-0.3, -0.25) is 9.36 Å². The minimum atomic E-state index is -0.269. The molecule has 1 aliphatic heterocycles. The Hall–Kier alpha value is -1.38. The van der Waals surface area contributed by atoms with Crippen molar-refractivity contribution in [2.75, 3.05) is 19.5 Å². The van der Waals surface area contributed by atoms with Crippen LogP contribution in [0.15, 0.2) is 22.7 Å². The number of thiophene rings is 1. The zero-order valence-electron chi connectivity index (χ0n) is 12.2. The second-order valence-corrected chi connectivity index (χ2v) is 6.78. The fourth-order valence-corrected chi connectivity index (χ4v) is 3.82. The molecule has 0 radical (unpaired) electrons. The maximum atomic E-state index is 11.4. The molecule has 0 aromatic carbocycles. The molecule has 1 aliphatic rings. The van der Waals surface area contributed by atoms with Crippen molar-refractivity contribution >= 4 is 29.1 Å². The molecule has 0 bridgehead atoms. The van der Waals surface area contributed by atoms with Crippen LogP contribution in [0.3, 0.4) is 0 Å². The van der Waals surface area contributed by atoms with E-state index in [2.05, 4.69) is 19.5 Å². The van der Waals surface area contributed by atoms with E-state index in [1.54, 1.807) is 11.3 Å². The Morgan fingerprint density at radius 3 is 3.18 bits per heavy atom. The van der Waals surface area contributed by atoms with E-state index < -0.39 is 0 Å². The molecule has 1 fully saturated rings. The smallest absolute Gasteiger partial charge is 0.316 e. The van der Waals surface area contributed by atoms with Gasteiger partial charge in [-0.05, 0) is 24.3 Å². The number of carbonyl (C=O) groups is 1. The molecule has 0 spiro atoms. The van der Waals surface area contributed by atoms with E-state index in [0.717, 1.165) is 35.3 Å². The number of aromatic nitrogens is 3. The van der Waals surface area contributed by atoms with Gasteiger partial charge in [0, 0.05) is 6.61 Å². The minimum absolute atomic E-state index is 0.187. The van der Waals surface area contributed by atoms with Gasteiger partial charge in [-0.15, -0.1) is 21.5 Å². The van der Waals surface area contributed by atoms with Crippen LogP contribution in [-0.2, 0) is 20.8 Å². The molecule has 3 rings (SSSR count). The summed E-state index contributed by atoms with van der Waals surface area (Å²) in [7, 11) is 1.39. The molecule has 22 heavy (non-hydrogen) atoms. The van der Waals surface area contributed by atoms with Gasteiger partial charge in [0.25, 0.3) is 0 Å². The summed E-state index contributed by atoms with van der Waals surface area (Å²) in [5, 5.41) is 11.3. The average molecular weight is 339 g/mol. The minimum Gasteiger partial charge on any atom is -0.468 e. The quantitative estimate of drug-likeness (QED) is 0.595. The maximum Gasteiger partial charge on any atom is 0.316 e. The maximum absolute atomic E-state index is 11.4.